The van der Waals surface area contributed by atoms with Crippen molar-refractivity contribution in [1.29, 1.82) is 0 Å². The summed E-state index contributed by atoms with van der Waals surface area (Å²) in [6.07, 6.45) is 0.901. The minimum atomic E-state index is 0.408. The highest BCUT2D eigenvalue weighted by Gasteiger charge is 2.03. The molecule has 0 saturated heterocycles. The number of nitrogens with two attached hydrogens (primary N) is 1. The van der Waals surface area contributed by atoms with Crippen LogP contribution in [0.15, 0.2) is 18.2 Å². The predicted molar refractivity (Wildman–Crippen MR) is 79.9 cm³/mol. The summed E-state index contributed by atoms with van der Waals surface area (Å²) in [6, 6.07) is 5.68. The fourth-order valence-electron chi connectivity index (χ4n) is 1.63. The van der Waals surface area contributed by atoms with Crippen molar-refractivity contribution in [3.05, 3.63) is 29.3 Å². The maximum absolute atomic E-state index is 5.60. The van der Waals surface area contributed by atoms with Crippen LogP contribution in [0.2, 0.25) is 0 Å². The highest BCUT2D eigenvalue weighted by molar-refractivity contribution is 7.80. The van der Waals surface area contributed by atoms with Gasteiger partial charge in [-0.2, -0.15) is 0 Å². The standard InChI is InChI=1S/C14H21NO3S/c1-11-10-12(4-5-13(11)14(15)19)18-9-8-17-7-3-6-16-2/h4-5,10H,3,6-9H2,1-2H3,(H2,15,19). The van der Waals surface area contributed by atoms with Crippen LogP contribution in [-0.4, -0.2) is 38.5 Å². The van der Waals surface area contributed by atoms with Crippen molar-refractivity contribution in [1.82, 2.24) is 0 Å². The van der Waals surface area contributed by atoms with Crippen LogP contribution in [0, 0.1) is 6.92 Å². The molecule has 0 spiro atoms. The molecule has 0 bridgehead atoms. The van der Waals surface area contributed by atoms with E-state index < -0.39 is 0 Å². The molecule has 5 heteroatoms. The Labute approximate surface area is 119 Å². The lowest BCUT2D eigenvalue weighted by Crippen LogP contribution is -2.12. The van der Waals surface area contributed by atoms with Crippen LogP contribution in [0.4, 0.5) is 0 Å². The zero-order valence-electron chi connectivity index (χ0n) is 11.5. The van der Waals surface area contributed by atoms with E-state index in [0.717, 1.165) is 29.9 Å². The number of rotatable bonds is 9. The first-order valence-electron chi connectivity index (χ1n) is 6.25. The van der Waals surface area contributed by atoms with E-state index in [2.05, 4.69) is 0 Å². The average molecular weight is 283 g/mol. The molecule has 0 amide bonds. The van der Waals surface area contributed by atoms with Gasteiger partial charge in [-0.25, -0.2) is 0 Å². The highest BCUT2D eigenvalue weighted by Crippen LogP contribution is 2.17. The van der Waals surface area contributed by atoms with Gasteiger partial charge in [0.25, 0.3) is 0 Å². The largest absolute Gasteiger partial charge is 0.491 e. The SMILES string of the molecule is COCCCOCCOc1ccc(C(N)=S)c(C)c1. The molecule has 106 valence electrons. The van der Waals surface area contributed by atoms with E-state index in [1.54, 1.807) is 7.11 Å². The Balaban J connectivity index is 2.26. The highest BCUT2D eigenvalue weighted by atomic mass is 32.1. The maximum atomic E-state index is 5.60. The predicted octanol–water partition coefficient (Wildman–Crippen LogP) is 2.06. The first kappa shape index (κ1) is 15.9. The minimum absolute atomic E-state index is 0.408. The van der Waals surface area contributed by atoms with Gasteiger partial charge < -0.3 is 19.9 Å². The lowest BCUT2D eigenvalue weighted by Gasteiger charge is -2.09. The number of hydrogen-bond acceptors (Lipinski definition) is 4. The van der Waals surface area contributed by atoms with Gasteiger partial charge in [0.15, 0.2) is 0 Å². The Morgan fingerprint density at radius 2 is 2.00 bits per heavy atom. The van der Waals surface area contributed by atoms with Gasteiger partial charge in [0, 0.05) is 25.9 Å². The summed E-state index contributed by atoms with van der Waals surface area (Å²) in [6.45, 7) is 4.47. The van der Waals surface area contributed by atoms with Crippen LogP contribution >= 0.6 is 12.2 Å². The van der Waals surface area contributed by atoms with E-state index in [0.29, 0.717) is 24.8 Å². The molecule has 0 heterocycles. The van der Waals surface area contributed by atoms with Gasteiger partial charge in [0.05, 0.1) is 6.61 Å². The molecule has 0 saturated carbocycles. The number of thiocarbonyl (C=S) groups is 1. The van der Waals surface area contributed by atoms with E-state index >= 15 is 0 Å². The summed E-state index contributed by atoms with van der Waals surface area (Å²) < 4.78 is 15.9. The van der Waals surface area contributed by atoms with Crippen molar-refractivity contribution in [2.75, 3.05) is 33.5 Å². The molecule has 1 aromatic rings. The molecule has 0 fully saturated rings. The monoisotopic (exact) mass is 283 g/mol. The molecule has 0 unspecified atom stereocenters. The molecule has 1 aromatic carbocycles. The molecule has 0 aliphatic carbocycles. The Morgan fingerprint density at radius 1 is 1.21 bits per heavy atom. The summed E-state index contributed by atoms with van der Waals surface area (Å²) in [7, 11) is 1.68. The van der Waals surface area contributed by atoms with E-state index in [1.807, 2.05) is 25.1 Å². The summed E-state index contributed by atoms with van der Waals surface area (Å²) in [5.41, 5.74) is 7.51. The second-order valence-corrected chi connectivity index (χ2v) is 4.59. The molecule has 2 N–H and O–H groups in total. The molecule has 1 rings (SSSR count). The third-order valence-corrected chi connectivity index (χ3v) is 2.82. The molecular formula is C14H21NO3S. The third-order valence-electron chi connectivity index (χ3n) is 2.60. The molecule has 19 heavy (non-hydrogen) atoms. The number of methoxy groups -OCH3 is 1. The lowest BCUT2D eigenvalue weighted by molar-refractivity contribution is 0.0806. The topological polar surface area (TPSA) is 53.7 Å². The van der Waals surface area contributed by atoms with Crippen LogP contribution in [0.3, 0.4) is 0 Å². The van der Waals surface area contributed by atoms with Crippen molar-refractivity contribution in [3.63, 3.8) is 0 Å². The van der Waals surface area contributed by atoms with E-state index in [-0.39, 0.29) is 0 Å². The summed E-state index contributed by atoms with van der Waals surface area (Å²) in [5, 5.41) is 0. The second kappa shape index (κ2) is 8.85. The fourth-order valence-corrected chi connectivity index (χ4v) is 1.86. The van der Waals surface area contributed by atoms with Gasteiger partial charge in [0.2, 0.25) is 0 Å². The van der Waals surface area contributed by atoms with Crippen LogP contribution < -0.4 is 10.5 Å². The summed E-state index contributed by atoms with van der Waals surface area (Å²) >= 11 is 4.96. The zero-order valence-corrected chi connectivity index (χ0v) is 12.3. The van der Waals surface area contributed by atoms with Gasteiger partial charge in [-0.1, -0.05) is 12.2 Å². The van der Waals surface area contributed by atoms with Crippen molar-refractivity contribution in [2.45, 2.75) is 13.3 Å². The van der Waals surface area contributed by atoms with Gasteiger partial charge in [-0.15, -0.1) is 0 Å². The van der Waals surface area contributed by atoms with E-state index in [4.69, 9.17) is 32.2 Å². The molecular weight excluding hydrogens is 262 g/mol. The first-order valence-corrected chi connectivity index (χ1v) is 6.66. The van der Waals surface area contributed by atoms with Crippen LogP contribution in [0.1, 0.15) is 17.5 Å². The van der Waals surface area contributed by atoms with Crippen LogP contribution in [-0.2, 0) is 9.47 Å². The number of ether oxygens (including phenoxy) is 3. The summed E-state index contributed by atoms with van der Waals surface area (Å²) in [4.78, 5) is 0.408. The van der Waals surface area contributed by atoms with E-state index in [1.165, 1.54) is 0 Å². The third kappa shape index (κ3) is 6.00. The van der Waals surface area contributed by atoms with Crippen LogP contribution in [0.5, 0.6) is 5.75 Å². The Morgan fingerprint density at radius 3 is 2.63 bits per heavy atom. The Bertz CT molecular complexity index is 410. The number of hydrogen-bond donors (Lipinski definition) is 1. The normalized spacial score (nSPS) is 10.4. The minimum Gasteiger partial charge on any atom is -0.491 e. The number of aryl methyl sites for hydroxylation is 1. The van der Waals surface area contributed by atoms with Gasteiger partial charge in [-0.05, 0) is 37.1 Å². The quantitative estimate of drug-likeness (QED) is 0.555. The van der Waals surface area contributed by atoms with Crippen molar-refractivity contribution in [3.8, 4) is 5.75 Å². The second-order valence-electron chi connectivity index (χ2n) is 4.15. The Kier molecular flexibility index (Phi) is 7.40. The van der Waals surface area contributed by atoms with Gasteiger partial charge in [0.1, 0.15) is 17.3 Å². The van der Waals surface area contributed by atoms with Crippen LogP contribution in [0.25, 0.3) is 0 Å². The van der Waals surface area contributed by atoms with E-state index in [9.17, 15) is 0 Å². The average Bonchev–Trinajstić information content (AvgIpc) is 2.37. The molecule has 0 aliphatic rings. The molecule has 0 atom stereocenters. The fraction of sp³-hybridized carbons (Fsp3) is 0.500. The molecule has 4 nitrogen and oxygen atoms in total. The summed E-state index contributed by atoms with van der Waals surface area (Å²) in [5.74, 6) is 0.804. The van der Waals surface area contributed by atoms with Crippen molar-refractivity contribution < 1.29 is 14.2 Å². The zero-order chi connectivity index (χ0) is 14.1. The smallest absolute Gasteiger partial charge is 0.119 e. The lowest BCUT2D eigenvalue weighted by atomic mass is 10.1. The molecule has 0 aliphatic heterocycles. The van der Waals surface area contributed by atoms with Gasteiger partial charge in [-0.3, -0.25) is 0 Å². The number of benzene rings is 1. The molecule has 0 radical (unpaired) electrons. The molecule has 0 aromatic heterocycles. The van der Waals surface area contributed by atoms with Gasteiger partial charge >= 0.3 is 0 Å². The first-order chi connectivity index (χ1) is 9.15. The van der Waals surface area contributed by atoms with Crippen molar-refractivity contribution >= 4 is 17.2 Å². The maximum Gasteiger partial charge on any atom is 0.119 e. The Hall–Kier alpha value is -1.17. The van der Waals surface area contributed by atoms with Crippen molar-refractivity contribution in [2.24, 2.45) is 5.73 Å².